The normalized spacial score (nSPS) is 12.8. The predicted molar refractivity (Wildman–Crippen MR) is 76.6 cm³/mol. The van der Waals surface area contributed by atoms with E-state index >= 15 is 0 Å². The highest BCUT2D eigenvalue weighted by atomic mass is 32.2. The molecule has 4 nitrogen and oxygen atoms in total. The Morgan fingerprint density at radius 2 is 2.35 bits per heavy atom. The van der Waals surface area contributed by atoms with Crippen molar-refractivity contribution in [3.05, 3.63) is 18.2 Å². The maximum atomic E-state index is 5.73. The number of thioether (sulfide) groups is 1. The fraction of sp³-hybridized carbons (Fsp3) is 0.417. The van der Waals surface area contributed by atoms with Crippen molar-refractivity contribution in [3.8, 4) is 0 Å². The average molecular weight is 250 g/mol. The summed E-state index contributed by atoms with van der Waals surface area (Å²) in [6, 6.07) is 6.11. The average Bonchev–Trinajstić information content (AvgIpc) is 2.67. The van der Waals surface area contributed by atoms with E-state index < -0.39 is 0 Å². The van der Waals surface area contributed by atoms with Gasteiger partial charge in [-0.1, -0.05) is 0 Å². The van der Waals surface area contributed by atoms with E-state index in [0.29, 0.717) is 6.04 Å². The molecule has 0 spiro atoms. The number of nitrogen functional groups attached to an aromatic ring is 1. The lowest BCUT2D eigenvalue weighted by Gasteiger charge is -2.11. The summed E-state index contributed by atoms with van der Waals surface area (Å²) < 4.78 is 0. The Kier molecular flexibility index (Phi) is 3.78. The first-order valence-electron chi connectivity index (χ1n) is 5.70. The Balaban J connectivity index is 2.08. The molecule has 1 aromatic carbocycles. The molecule has 1 heterocycles. The lowest BCUT2D eigenvalue weighted by Crippen LogP contribution is -2.16. The van der Waals surface area contributed by atoms with Gasteiger partial charge in [0.05, 0.1) is 11.0 Å². The Morgan fingerprint density at radius 1 is 1.53 bits per heavy atom. The summed E-state index contributed by atoms with van der Waals surface area (Å²) in [5.74, 6) is 1.97. The van der Waals surface area contributed by atoms with Crippen LogP contribution < -0.4 is 11.1 Å². The topological polar surface area (TPSA) is 66.7 Å². The molecule has 92 valence electrons. The summed E-state index contributed by atoms with van der Waals surface area (Å²) in [5, 5.41) is 3.36. The number of aromatic amines is 1. The van der Waals surface area contributed by atoms with Gasteiger partial charge < -0.3 is 16.0 Å². The number of nitrogens with one attached hydrogen (secondary N) is 2. The highest BCUT2D eigenvalue weighted by Gasteiger charge is 2.06. The Hall–Kier alpha value is -1.36. The van der Waals surface area contributed by atoms with Crippen LogP contribution in [-0.2, 0) is 0 Å². The number of nitrogens with zero attached hydrogens (tertiary/aromatic N) is 1. The molecular formula is C12H18N4S. The first-order valence-corrected chi connectivity index (χ1v) is 7.09. The summed E-state index contributed by atoms with van der Waals surface area (Å²) in [7, 11) is 0. The second-order valence-corrected chi connectivity index (χ2v) is 5.17. The molecule has 17 heavy (non-hydrogen) atoms. The van der Waals surface area contributed by atoms with E-state index in [9.17, 15) is 0 Å². The summed E-state index contributed by atoms with van der Waals surface area (Å²) in [6.07, 6.45) is 3.25. The molecular weight excluding hydrogens is 232 g/mol. The number of imidazole rings is 1. The fourth-order valence-electron chi connectivity index (χ4n) is 1.70. The first kappa shape index (κ1) is 12.1. The van der Waals surface area contributed by atoms with Gasteiger partial charge in [-0.3, -0.25) is 0 Å². The van der Waals surface area contributed by atoms with Crippen LogP contribution in [0.15, 0.2) is 18.2 Å². The van der Waals surface area contributed by atoms with E-state index in [1.54, 1.807) is 0 Å². The van der Waals surface area contributed by atoms with Crippen LogP contribution >= 0.6 is 11.8 Å². The van der Waals surface area contributed by atoms with Gasteiger partial charge in [-0.2, -0.15) is 11.8 Å². The highest BCUT2D eigenvalue weighted by molar-refractivity contribution is 7.98. The van der Waals surface area contributed by atoms with Crippen molar-refractivity contribution in [2.45, 2.75) is 19.4 Å². The largest absolute Gasteiger partial charge is 0.399 e. The summed E-state index contributed by atoms with van der Waals surface area (Å²) >= 11 is 1.86. The van der Waals surface area contributed by atoms with Gasteiger partial charge in [-0.15, -0.1) is 0 Å². The van der Waals surface area contributed by atoms with Gasteiger partial charge in [0.15, 0.2) is 0 Å². The molecule has 0 saturated carbocycles. The zero-order chi connectivity index (χ0) is 12.3. The zero-order valence-electron chi connectivity index (χ0n) is 10.2. The summed E-state index contributed by atoms with van der Waals surface area (Å²) in [5.41, 5.74) is 8.40. The molecule has 2 aromatic rings. The van der Waals surface area contributed by atoms with E-state index in [0.717, 1.165) is 34.8 Å². The van der Waals surface area contributed by atoms with E-state index in [-0.39, 0.29) is 0 Å². The molecule has 0 amide bonds. The first-order chi connectivity index (χ1) is 8.19. The smallest absolute Gasteiger partial charge is 0.201 e. The predicted octanol–water partition coefficient (Wildman–Crippen LogP) is 2.70. The van der Waals surface area contributed by atoms with Crippen molar-refractivity contribution < 1.29 is 0 Å². The van der Waals surface area contributed by atoms with E-state index in [2.05, 4.69) is 28.5 Å². The number of fused-ring (bicyclic) bond motifs is 1. The minimum absolute atomic E-state index is 0.417. The quantitative estimate of drug-likeness (QED) is 0.714. The van der Waals surface area contributed by atoms with Crippen LogP contribution in [0.1, 0.15) is 13.3 Å². The van der Waals surface area contributed by atoms with Gasteiger partial charge in [-0.25, -0.2) is 4.98 Å². The lowest BCUT2D eigenvalue weighted by atomic mass is 10.3. The van der Waals surface area contributed by atoms with Crippen molar-refractivity contribution in [2.24, 2.45) is 0 Å². The molecule has 0 saturated heterocycles. The molecule has 1 aromatic heterocycles. The number of benzene rings is 1. The third-order valence-electron chi connectivity index (χ3n) is 2.64. The van der Waals surface area contributed by atoms with Crippen LogP contribution in [0.5, 0.6) is 0 Å². The maximum Gasteiger partial charge on any atom is 0.201 e. The number of H-pyrrole nitrogens is 1. The standard InChI is InChI=1S/C12H18N4S/c1-8(5-6-17-2)14-12-15-10-4-3-9(13)7-11(10)16-12/h3-4,7-8H,5-6,13H2,1-2H3,(H2,14,15,16). The fourth-order valence-corrected chi connectivity index (χ4v) is 2.29. The van der Waals surface area contributed by atoms with E-state index in [1.807, 2.05) is 30.0 Å². The molecule has 5 heteroatoms. The maximum absolute atomic E-state index is 5.73. The Bertz CT molecular complexity index is 494. The molecule has 0 bridgehead atoms. The third-order valence-corrected chi connectivity index (χ3v) is 3.29. The number of aromatic nitrogens is 2. The molecule has 0 aliphatic rings. The minimum Gasteiger partial charge on any atom is -0.399 e. The molecule has 1 unspecified atom stereocenters. The zero-order valence-corrected chi connectivity index (χ0v) is 11.0. The number of rotatable bonds is 5. The summed E-state index contributed by atoms with van der Waals surface area (Å²) in [4.78, 5) is 7.71. The van der Waals surface area contributed by atoms with Crippen molar-refractivity contribution in [3.63, 3.8) is 0 Å². The SMILES string of the molecule is CSCCC(C)Nc1nc2ccc(N)cc2[nH]1. The van der Waals surface area contributed by atoms with Crippen molar-refractivity contribution in [2.75, 3.05) is 23.1 Å². The lowest BCUT2D eigenvalue weighted by molar-refractivity contribution is 0.764. The molecule has 4 N–H and O–H groups in total. The van der Waals surface area contributed by atoms with Gasteiger partial charge in [-0.05, 0) is 43.6 Å². The molecule has 1 atom stereocenters. The molecule has 0 aliphatic heterocycles. The minimum atomic E-state index is 0.417. The molecule has 0 radical (unpaired) electrons. The second-order valence-electron chi connectivity index (χ2n) is 4.19. The van der Waals surface area contributed by atoms with Crippen molar-refractivity contribution in [1.82, 2.24) is 9.97 Å². The monoisotopic (exact) mass is 250 g/mol. The van der Waals surface area contributed by atoms with E-state index in [4.69, 9.17) is 5.73 Å². The van der Waals surface area contributed by atoms with Crippen LogP contribution in [0.3, 0.4) is 0 Å². The van der Waals surface area contributed by atoms with Crippen LogP contribution in [0.2, 0.25) is 0 Å². The highest BCUT2D eigenvalue weighted by Crippen LogP contribution is 2.18. The molecule has 0 aliphatic carbocycles. The van der Waals surface area contributed by atoms with Gasteiger partial charge in [0.2, 0.25) is 5.95 Å². The Labute approximate surface area is 105 Å². The van der Waals surface area contributed by atoms with Gasteiger partial charge >= 0.3 is 0 Å². The number of hydrogen-bond donors (Lipinski definition) is 3. The number of nitrogens with two attached hydrogens (primary N) is 1. The van der Waals surface area contributed by atoms with Crippen LogP contribution in [0.4, 0.5) is 11.6 Å². The number of hydrogen-bond acceptors (Lipinski definition) is 4. The second kappa shape index (κ2) is 5.31. The van der Waals surface area contributed by atoms with Gasteiger partial charge in [0.1, 0.15) is 0 Å². The Morgan fingerprint density at radius 3 is 3.12 bits per heavy atom. The molecule has 0 fully saturated rings. The number of anilines is 2. The van der Waals surface area contributed by atoms with Crippen LogP contribution in [-0.4, -0.2) is 28.0 Å². The summed E-state index contributed by atoms with van der Waals surface area (Å²) in [6.45, 7) is 2.16. The van der Waals surface area contributed by atoms with Crippen LogP contribution in [0, 0.1) is 0 Å². The third kappa shape index (κ3) is 3.06. The molecule has 2 rings (SSSR count). The van der Waals surface area contributed by atoms with Gasteiger partial charge in [0.25, 0.3) is 0 Å². The van der Waals surface area contributed by atoms with Crippen molar-refractivity contribution >= 4 is 34.4 Å². The van der Waals surface area contributed by atoms with Crippen LogP contribution in [0.25, 0.3) is 11.0 Å². The van der Waals surface area contributed by atoms with Gasteiger partial charge in [0, 0.05) is 11.7 Å². The van der Waals surface area contributed by atoms with E-state index in [1.165, 1.54) is 0 Å². The van der Waals surface area contributed by atoms with Crippen molar-refractivity contribution in [1.29, 1.82) is 0 Å².